The van der Waals surface area contributed by atoms with E-state index in [1.54, 1.807) is 0 Å². The molecule has 68 valence electrons. The Hall–Kier alpha value is -0.0700. The lowest BCUT2D eigenvalue weighted by Gasteiger charge is -2.10. The average Bonchev–Trinajstić information content (AvgIpc) is 2.47. The zero-order chi connectivity index (χ0) is 8.97. The Balaban J connectivity index is 2.66. The average molecular weight is 280 g/mol. The molecule has 1 heterocycles. The van der Waals surface area contributed by atoms with Crippen LogP contribution in [0.4, 0.5) is 0 Å². The van der Waals surface area contributed by atoms with Gasteiger partial charge in [-0.1, -0.05) is 13.3 Å². The Morgan fingerprint density at radius 3 is 2.83 bits per heavy atom. The smallest absolute Gasteiger partial charge is 0.164 e. The molecule has 0 aliphatic rings. The zero-order valence-corrected chi connectivity index (χ0v) is 9.17. The summed E-state index contributed by atoms with van der Waals surface area (Å²) in [5, 5.41) is 0. The summed E-state index contributed by atoms with van der Waals surface area (Å²) in [4.78, 5) is 0. The SMILES string of the molecule is CCC[C@@H](NN)c1ccc(I)o1. The molecule has 3 N–H and O–H groups in total. The summed E-state index contributed by atoms with van der Waals surface area (Å²) in [5.74, 6) is 6.31. The van der Waals surface area contributed by atoms with Gasteiger partial charge in [-0.15, -0.1) is 0 Å². The maximum Gasteiger partial charge on any atom is 0.164 e. The standard InChI is InChI=1S/C8H13IN2O/c1-2-3-6(11-10)7-4-5-8(9)12-7/h4-6,11H,2-3,10H2,1H3/t6-/m1/s1. The molecule has 0 saturated carbocycles. The van der Waals surface area contributed by atoms with Gasteiger partial charge in [0.2, 0.25) is 0 Å². The van der Waals surface area contributed by atoms with Crippen LogP contribution in [-0.2, 0) is 0 Å². The van der Waals surface area contributed by atoms with Crippen LogP contribution < -0.4 is 11.3 Å². The van der Waals surface area contributed by atoms with Crippen molar-refractivity contribution >= 4 is 22.6 Å². The molecule has 0 fully saturated rings. The van der Waals surface area contributed by atoms with Gasteiger partial charge >= 0.3 is 0 Å². The lowest BCUT2D eigenvalue weighted by molar-refractivity contribution is 0.387. The van der Waals surface area contributed by atoms with Crippen molar-refractivity contribution < 1.29 is 4.42 Å². The van der Waals surface area contributed by atoms with E-state index in [0.29, 0.717) is 0 Å². The van der Waals surface area contributed by atoms with Gasteiger partial charge in [0, 0.05) is 0 Å². The van der Waals surface area contributed by atoms with Crippen molar-refractivity contribution in [1.29, 1.82) is 0 Å². The minimum absolute atomic E-state index is 0.151. The number of rotatable bonds is 4. The summed E-state index contributed by atoms with van der Waals surface area (Å²) in [5.41, 5.74) is 2.74. The highest BCUT2D eigenvalue weighted by atomic mass is 127. The zero-order valence-electron chi connectivity index (χ0n) is 7.01. The van der Waals surface area contributed by atoms with Gasteiger partial charge in [0.05, 0.1) is 6.04 Å². The van der Waals surface area contributed by atoms with E-state index in [1.807, 2.05) is 12.1 Å². The van der Waals surface area contributed by atoms with Crippen LogP contribution in [0.3, 0.4) is 0 Å². The Morgan fingerprint density at radius 1 is 1.67 bits per heavy atom. The van der Waals surface area contributed by atoms with Crippen molar-refractivity contribution in [2.75, 3.05) is 0 Å². The molecule has 1 aromatic rings. The molecular weight excluding hydrogens is 267 g/mol. The van der Waals surface area contributed by atoms with E-state index in [-0.39, 0.29) is 6.04 Å². The van der Waals surface area contributed by atoms with Gasteiger partial charge in [0.15, 0.2) is 3.77 Å². The van der Waals surface area contributed by atoms with Crippen molar-refractivity contribution in [2.45, 2.75) is 25.8 Å². The van der Waals surface area contributed by atoms with Gasteiger partial charge in [-0.25, -0.2) is 5.43 Å². The van der Waals surface area contributed by atoms with Crippen LogP contribution in [0.25, 0.3) is 0 Å². The molecule has 0 unspecified atom stereocenters. The van der Waals surface area contributed by atoms with Crippen LogP contribution in [0, 0.1) is 3.77 Å². The van der Waals surface area contributed by atoms with E-state index in [2.05, 4.69) is 34.9 Å². The molecule has 0 aliphatic heterocycles. The maximum absolute atomic E-state index is 5.43. The van der Waals surface area contributed by atoms with E-state index in [0.717, 1.165) is 22.4 Å². The van der Waals surface area contributed by atoms with Crippen LogP contribution in [-0.4, -0.2) is 0 Å². The molecule has 0 bridgehead atoms. The molecule has 4 heteroatoms. The lowest BCUT2D eigenvalue weighted by atomic mass is 10.1. The predicted octanol–water partition coefficient (Wildman–Crippen LogP) is 2.19. The number of hydrazine groups is 1. The van der Waals surface area contributed by atoms with Gasteiger partial charge in [0.1, 0.15) is 5.76 Å². The topological polar surface area (TPSA) is 51.2 Å². The van der Waals surface area contributed by atoms with Crippen LogP contribution in [0.5, 0.6) is 0 Å². The number of halogens is 1. The highest BCUT2D eigenvalue weighted by Crippen LogP contribution is 2.20. The quantitative estimate of drug-likeness (QED) is 0.505. The summed E-state index contributed by atoms with van der Waals surface area (Å²) in [6.45, 7) is 2.12. The monoisotopic (exact) mass is 280 g/mol. The number of nitrogens with two attached hydrogens (primary N) is 1. The summed E-state index contributed by atoms with van der Waals surface area (Å²) in [6, 6.07) is 4.05. The van der Waals surface area contributed by atoms with Gasteiger partial charge < -0.3 is 4.42 Å². The minimum atomic E-state index is 0.151. The molecule has 0 spiro atoms. The normalized spacial score (nSPS) is 13.2. The minimum Gasteiger partial charge on any atom is -0.454 e. The van der Waals surface area contributed by atoms with E-state index >= 15 is 0 Å². The van der Waals surface area contributed by atoms with Crippen molar-refractivity contribution in [3.05, 3.63) is 21.7 Å². The largest absolute Gasteiger partial charge is 0.454 e. The number of hydrogen-bond acceptors (Lipinski definition) is 3. The van der Waals surface area contributed by atoms with Gasteiger partial charge in [0.25, 0.3) is 0 Å². The van der Waals surface area contributed by atoms with Gasteiger partial charge in [-0.05, 0) is 41.1 Å². The molecule has 1 rings (SSSR count). The fraction of sp³-hybridized carbons (Fsp3) is 0.500. The Kier molecular flexibility index (Phi) is 4.03. The van der Waals surface area contributed by atoms with Crippen molar-refractivity contribution in [2.24, 2.45) is 5.84 Å². The summed E-state index contributed by atoms with van der Waals surface area (Å²) in [6.07, 6.45) is 2.09. The third kappa shape index (κ3) is 2.46. The third-order valence-corrected chi connectivity index (χ3v) is 2.30. The first-order valence-corrected chi connectivity index (χ1v) is 5.07. The first-order valence-electron chi connectivity index (χ1n) is 3.99. The van der Waals surface area contributed by atoms with E-state index in [9.17, 15) is 0 Å². The third-order valence-electron chi connectivity index (χ3n) is 1.72. The summed E-state index contributed by atoms with van der Waals surface area (Å²) >= 11 is 2.14. The number of hydrogen-bond donors (Lipinski definition) is 2. The van der Waals surface area contributed by atoms with Crippen molar-refractivity contribution in [3.8, 4) is 0 Å². The van der Waals surface area contributed by atoms with E-state index in [4.69, 9.17) is 10.3 Å². The molecule has 1 aromatic heterocycles. The van der Waals surface area contributed by atoms with Crippen LogP contribution in [0.15, 0.2) is 16.5 Å². The molecule has 0 radical (unpaired) electrons. The lowest BCUT2D eigenvalue weighted by Crippen LogP contribution is -2.27. The summed E-state index contributed by atoms with van der Waals surface area (Å²) in [7, 11) is 0. The molecule has 12 heavy (non-hydrogen) atoms. The number of furan rings is 1. The Labute approximate surface area is 85.8 Å². The molecule has 3 nitrogen and oxygen atoms in total. The second kappa shape index (κ2) is 4.84. The summed E-state index contributed by atoms with van der Waals surface area (Å²) < 4.78 is 6.34. The maximum atomic E-state index is 5.43. The van der Waals surface area contributed by atoms with Gasteiger partial charge in [-0.2, -0.15) is 0 Å². The van der Waals surface area contributed by atoms with E-state index in [1.165, 1.54) is 0 Å². The first-order chi connectivity index (χ1) is 5.77. The Bertz CT molecular complexity index is 237. The highest BCUT2D eigenvalue weighted by molar-refractivity contribution is 14.1. The second-order valence-corrected chi connectivity index (χ2v) is 3.71. The van der Waals surface area contributed by atoms with Crippen LogP contribution in [0.2, 0.25) is 0 Å². The molecule has 1 atom stereocenters. The van der Waals surface area contributed by atoms with Crippen molar-refractivity contribution in [3.63, 3.8) is 0 Å². The van der Waals surface area contributed by atoms with Crippen molar-refractivity contribution in [1.82, 2.24) is 5.43 Å². The van der Waals surface area contributed by atoms with Crippen LogP contribution in [0.1, 0.15) is 31.6 Å². The fourth-order valence-corrected chi connectivity index (χ4v) is 1.55. The number of nitrogens with one attached hydrogen (secondary N) is 1. The second-order valence-electron chi connectivity index (χ2n) is 2.65. The molecule has 0 aliphatic carbocycles. The van der Waals surface area contributed by atoms with Crippen LogP contribution >= 0.6 is 22.6 Å². The van der Waals surface area contributed by atoms with E-state index < -0.39 is 0 Å². The highest BCUT2D eigenvalue weighted by Gasteiger charge is 2.11. The molecule has 0 saturated heterocycles. The Morgan fingerprint density at radius 2 is 2.42 bits per heavy atom. The van der Waals surface area contributed by atoms with Gasteiger partial charge in [-0.3, -0.25) is 5.84 Å². The first kappa shape index (κ1) is 10.0. The fourth-order valence-electron chi connectivity index (χ4n) is 1.11. The predicted molar refractivity (Wildman–Crippen MR) is 56.4 cm³/mol. The molecular formula is C8H13IN2O. The molecule has 0 amide bonds. The molecule has 0 aromatic carbocycles.